The van der Waals surface area contributed by atoms with Gasteiger partial charge < -0.3 is 9.64 Å². The molecule has 116 valence electrons. The standard InChI is InChI=1S/C18H21NO3/c20-17(19(14-9-10-14)13-6-2-3-7-13)16-11-12-5-1-4-8-15(12)18(21)22-16/h1,4-5,8,13-14,16H,2-3,6-7,9-11H2. The van der Waals surface area contributed by atoms with Crippen LogP contribution in [0.1, 0.15) is 54.4 Å². The summed E-state index contributed by atoms with van der Waals surface area (Å²) in [6.07, 6.45) is 6.67. The van der Waals surface area contributed by atoms with Crippen LogP contribution >= 0.6 is 0 Å². The minimum absolute atomic E-state index is 0.0252. The number of hydrogen-bond donors (Lipinski definition) is 0. The molecule has 2 saturated carbocycles. The van der Waals surface area contributed by atoms with Crippen molar-refractivity contribution in [1.29, 1.82) is 0 Å². The molecule has 1 aromatic rings. The van der Waals surface area contributed by atoms with Crippen LogP contribution in [0.5, 0.6) is 0 Å². The molecule has 0 aromatic heterocycles. The molecule has 2 fully saturated rings. The number of esters is 1. The van der Waals surface area contributed by atoms with Crippen LogP contribution in [0, 0.1) is 0 Å². The van der Waals surface area contributed by atoms with Gasteiger partial charge in [-0.15, -0.1) is 0 Å². The fourth-order valence-corrected chi connectivity index (χ4v) is 3.83. The highest BCUT2D eigenvalue weighted by molar-refractivity contribution is 5.96. The van der Waals surface area contributed by atoms with E-state index in [9.17, 15) is 9.59 Å². The number of benzene rings is 1. The number of nitrogens with zero attached hydrogens (tertiary/aromatic N) is 1. The first-order valence-corrected chi connectivity index (χ1v) is 8.35. The third-order valence-corrected chi connectivity index (χ3v) is 5.08. The molecule has 1 aromatic carbocycles. The molecular weight excluding hydrogens is 278 g/mol. The van der Waals surface area contributed by atoms with Crippen LogP contribution in [0.15, 0.2) is 24.3 Å². The molecule has 2 aliphatic carbocycles. The zero-order chi connectivity index (χ0) is 15.1. The lowest BCUT2D eigenvalue weighted by molar-refractivity contribution is -0.144. The maximum Gasteiger partial charge on any atom is 0.339 e. The van der Waals surface area contributed by atoms with E-state index in [1.807, 2.05) is 18.2 Å². The van der Waals surface area contributed by atoms with Gasteiger partial charge in [0, 0.05) is 18.5 Å². The molecule has 1 heterocycles. The van der Waals surface area contributed by atoms with E-state index in [1.54, 1.807) is 6.07 Å². The van der Waals surface area contributed by atoms with Crippen LogP contribution in [0.25, 0.3) is 0 Å². The van der Waals surface area contributed by atoms with E-state index in [0.29, 0.717) is 24.1 Å². The van der Waals surface area contributed by atoms with Crippen molar-refractivity contribution in [2.45, 2.75) is 63.1 Å². The van der Waals surface area contributed by atoms with Gasteiger partial charge in [0.05, 0.1) is 5.56 Å². The zero-order valence-corrected chi connectivity index (χ0v) is 12.7. The molecule has 0 saturated heterocycles. The first kappa shape index (κ1) is 13.8. The lowest BCUT2D eigenvalue weighted by Crippen LogP contribution is -2.49. The molecule has 1 unspecified atom stereocenters. The number of carbonyl (C=O) groups excluding carboxylic acids is 2. The Morgan fingerprint density at radius 3 is 2.45 bits per heavy atom. The summed E-state index contributed by atoms with van der Waals surface area (Å²) < 4.78 is 5.46. The predicted molar refractivity (Wildman–Crippen MR) is 81.5 cm³/mol. The van der Waals surface area contributed by atoms with Crippen LogP contribution in [0.4, 0.5) is 0 Å². The van der Waals surface area contributed by atoms with Gasteiger partial charge in [-0.3, -0.25) is 4.79 Å². The number of cyclic esters (lactones) is 1. The molecule has 22 heavy (non-hydrogen) atoms. The van der Waals surface area contributed by atoms with Crippen molar-refractivity contribution in [2.24, 2.45) is 0 Å². The summed E-state index contributed by atoms with van der Waals surface area (Å²) in [6, 6.07) is 8.18. The number of rotatable bonds is 3. The molecule has 4 heteroatoms. The van der Waals surface area contributed by atoms with Crippen molar-refractivity contribution < 1.29 is 14.3 Å². The van der Waals surface area contributed by atoms with Gasteiger partial charge in [0.2, 0.25) is 0 Å². The Bertz CT molecular complexity index is 602. The van der Waals surface area contributed by atoms with E-state index in [0.717, 1.165) is 31.2 Å². The Morgan fingerprint density at radius 2 is 1.73 bits per heavy atom. The highest BCUT2D eigenvalue weighted by atomic mass is 16.5. The Morgan fingerprint density at radius 1 is 1.05 bits per heavy atom. The van der Waals surface area contributed by atoms with Gasteiger partial charge in [0.15, 0.2) is 6.10 Å². The van der Waals surface area contributed by atoms with Crippen molar-refractivity contribution in [3.05, 3.63) is 35.4 Å². The summed E-state index contributed by atoms with van der Waals surface area (Å²) >= 11 is 0. The highest BCUT2D eigenvalue weighted by Gasteiger charge is 2.43. The quantitative estimate of drug-likeness (QED) is 0.806. The van der Waals surface area contributed by atoms with Gasteiger partial charge in [-0.05, 0) is 37.3 Å². The maximum absolute atomic E-state index is 13.0. The lowest BCUT2D eigenvalue weighted by Gasteiger charge is -2.34. The summed E-state index contributed by atoms with van der Waals surface area (Å²) in [5.74, 6) is -0.334. The molecule has 3 aliphatic rings. The normalized spacial score (nSPS) is 24.7. The number of hydrogen-bond acceptors (Lipinski definition) is 3. The van der Waals surface area contributed by atoms with Crippen LogP contribution in [0.3, 0.4) is 0 Å². The molecule has 0 radical (unpaired) electrons. The Hall–Kier alpha value is -1.84. The van der Waals surface area contributed by atoms with Crippen molar-refractivity contribution in [1.82, 2.24) is 4.90 Å². The fraction of sp³-hybridized carbons (Fsp3) is 0.556. The highest BCUT2D eigenvalue weighted by Crippen LogP contribution is 2.36. The summed E-state index contributed by atoms with van der Waals surface area (Å²) in [6.45, 7) is 0. The monoisotopic (exact) mass is 299 g/mol. The van der Waals surface area contributed by atoms with Gasteiger partial charge in [-0.2, -0.15) is 0 Å². The third kappa shape index (κ3) is 2.40. The van der Waals surface area contributed by atoms with Gasteiger partial charge in [-0.1, -0.05) is 31.0 Å². The van der Waals surface area contributed by atoms with Crippen molar-refractivity contribution >= 4 is 11.9 Å². The molecule has 0 bridgehead atoms. The topological polar surface area (TPSA) is 46.6 Å². The van der Waals surface area contributed by atoms with Crippen LogP contribution in [-0.4, -0.2) is 35.0 Å². The molecule has 1 aliphatic heterocycles. The number of ether oxygens (including phenoxy) is 1. The van der Waals surface area contributed by atoms with Gasteiger partial charge in [-0.25, -0.2) is 4.79 Å². The number of amides is 1. The lowest BCUT2D eigenvalue weighted by atomic mass is 9.97. The number of fused-ring (bicyclic) bond motifs is 1. The average Bonchev–Trinajstić information content (AvgIpc) is 3.21. The van der Waals surface area contributed by atoms with Gasteiger partial charge in [0.25, 0.3) is 5.91 Å². The second kappa shape index (κ2) is 5.41. The molecule has 1 atom stereocenters. The average molecular weight is 299 g/mol. The van der Waals surface area contributed by atoms with E-state index in [2.05, 4.69) is 4.90 Å². The van der Waals surface area contributed by atoms with Gasteiger partial charge in [0.1, 0.15) is 0 Å². The van der Waals surface area contributed by atoms with Crippen molar-refractivity contribution in [3.63, 3.8) is 0 Å². The maximum atomic E-state index is 13.0. The molecule has 1 amide bonds. The van der Waals surface area contributed by atoms with Crippen LogP contribution in [-0.2, 0) is 16.0 Å². The summed E-state index contributed by atoms with van der Waals surface area (Å²) in [5, 5.41) is 0. The summed E-state index contributed by atoms with van der Waals surface area (Å²) in [7, 11) is 0. The second-order valence-corrected chi connectivity index (χ2v) is 6.67. The minimum atomic E-state index is -0.636. The molecule has 0 spiro atoms. The summed E-state index contributed by atoms with van der Waals surface area (Å²) in [5.41, 5.74) is 1.53. The van der Waals surface area contributed by atoms with E-state index < -0.39 is 6.10 Å². The third-order valence-electron chi connectivity index (χ3n) is 5.08. The predicted octanol–water partition coefficient (Wildman–Crippen LogP) is 2.70. The smallest absolute Gasteiger partial charge is 0.339 e. The Kier molecular flexibility index (Phi) is 3.40. The van der Waals surface area contributed by atoms with Crippen molar-refractivity contribution in [2.75, 3.05) is 0 Å². The van der Waals surface area contributed by atoms with Crippen molar-refractivity contribution in [3.8, 4) is 0 Å². The van der Waals surface area contributed by atoms with E-state index in [-0.39, 0.29) is 11.9 Å². The molecule has 4 nitrogen and oxygen atoms in total. The molecule has 0 N–H and O–H groups in total. The van der Waals surface area contributed by atoms with Crippen LogP contribution < -0.4 is 0 Å². The first-order chi connectivity index (χ1) is 10.7. The Labute approximate surface area is 130 Å². The van der Waals surface area contributed by atoms with Gasteiger partial charge >= 0.3 is 5.97 Å². The second-order valence-electron chi connectivity index (χ2n) is 6.67. The number of carbonyl (C=O) groups is 2. The fourth-order valence-electron chi connectivity index (χ4n) is 3.83. The van der Waals surface area contributed by atoms with E-state index in [1.165, 1.54) is 12.8 Å². The zero-order valence-electron chi connectivity index (χ0n) is 12.7. The Balaban J connectivity index is 1.56. The molecule has 4 rings (SSSR count). The van der Waals surface area contributed by atoms with Crippen LogP contribution in [0.2, 0.25) is 0 Å². The molecular formula is C18H21NO3. The minimum Gasteiger partial charge on any atom is -0.448 e. The first-order valence-electron chi connectivity index (χ1n) is 8.35. The van der Waals surface area contributed by atoms with E-state index in [4.69, 9.17) is 4.74 Å². The summed E-state index contributed by atoms with van der Waals surface area (Å²) in [4.78, 5) is 27.2. The largest absolute Gasteiger partial charge is 0.448 e. The SMILES string of the molecule is O=C1OC(C(=O)N(C2CCCC2)C2CC2)Cc2ccccc21. The van der Waals surface area contributed by atoms with E-state index >= 15 is 0 Å².